The van der Waals surface area contributed by atoms with Crippen LogP contribution < -0.4 is 5.73 Å². The summed E-state index contributed by atoms with van der Waals surface area (Å²) in [4.78, 5) is 18.9. The molecule has 0 aliphatic carbocycles. The molecule has 0 fully saturated rings. The van der Waals surface area contributed by atoms with Gasteiger partial charge in [0.25, 0.3) is 6.29 Å². The average molecular weight is 214 g/mol. The number of aromatic nitrogens is 1. The zero-order valence-electron chi connectivity index (χ0n) is 7.39. The molecule has 1 aromatic rings. The zero-order chi connectivity index (χ0) is 10.4. The van der Waals surface area contributed by atoms with Gasteiger partial charge in [0.05, 0.1) is 0 Å². The second kappa shape index (κ2) is 5.30. The van der Waals surface area contributed by atoms with Crippen LogP contribution in [0, 0.1) is 0 Å². The number of carbonyl (C=O) groups excluding carboxylic acids is 1. The van der Waals surface area contributed by atoms with Gasteiger partial charge in [0.2, 0.25) is 6.79 Å². The van der Waals surface area contributed by atoms with Gasteiger partial charge in [-0.15, -0.1) is 11.3 Å². The standard InChI is InChI=1S/C7H8N3O3S/c1-12-4-13-10-5(2-11)6-3-14-7(8)9-6/h3H,4H2,1H3,(H2,8,9)/b10-5+. The van der Waals surface area contributed by atoms with Crippen LogP contribution in [0.2, 0.25) is 0 Å². The minimum atomic E-state index is -0.0369. The molecule has 0 bridgehead atoms. The van der Waals surface area contributed by atoms with E-state index in [0.717, 1.165) is 0 Å². The molecule has 0 aliphatic rings. The first-order valence-electron chi connectivity index (χ1n) is 3.56. The van der Waals surface area contributed by atoms with Crippen LogP contribution in [0.1, 0.15) is 5.69 Å². The molecular weight excluding hydrogens is 206 g/mol. The minimum absolute atomic E-state index is 0.0324. The summed E-state index contributed by atoms with van der Waals surface area (Å²) >= 11 is 1.21. The van der Waals surface area contributed by atoms with Crippen LogP contribution in [0.5, 0.6) is 0 Å². The Labute approximate surface area is 84.3 Å². The molecule has 0 unspecified atom stereocenters. The second-order valence-corrected chi connectivity index (χ2v) is 3.04. The van der Waals surface area contributed by atoms with Crippen LogP contribution >= 0.6 is 11.3 Å². The third-order valence-electron chi connectivity index (χ3n) is 1.19. The third-order valence-corrected chi connectivity index (χ3v) is 1.86. The fourth-order valence-electron chi connectivity index (χ4n) is 0.658. The molecule has 1 radical (unpaired) electrons. The van der Waals surface area contributed by atoms with Gasteiger partial charge < -0.3 is 15.3 Å². The lowest BCUT2D eigenvalue weighted by Crippen LogP contribution is -2.05. The maximum absolute atomic E-state index is 10.5. The van der Waals surface area contributed by atoms with E-state index in [1.54, 1.807) is 11.7 Å². The van der Waals surface area contributed by atoms with E-state index in [2.05, 4.69) is 19.7 Å². The first-order chi connectivity index (χ1) is 6.77. The lowest BCUT2D eigenvalue weighted by Gasteiger charge is -1.96. The number of rotatable bonds is 5. The molecule has 1 aromatic heterocycles. The monoisotopic (exact) mass is 214 g/mol. The Morgan fingerprint density at radius 3 is 3.14 bits per heavy atom. The molecule has 0 aromatic carbocycles. The predicted octanol–water partition coefficient (Wildman–Crippen LogP) is 0.160. The molecule has 0 saturated heterocycles. The molecule has 0 amide bonds. The molecule has 0 spiro atoms. The lowest BCUT2D eigenvalue weighted by molar-refractivity contribution is -0.0279. The number of nitrogen functional groups attached to an aromatic ring is 1. The summed E-state index contributed by atoms with van der Waals surface area (Å²) in [6.07, 6.45) is 1.60. The van der Waals surface area contributed by atoms with E-state index >= 15 is 0 Å². The zero-order valence-corrected chi connectivity index (χ0v) is 8.21. The topological polar surface area (TPSA) is 86.8 Å². The van der Waals surface area contributed by atoms with E-state index in [0.29, 0.717) is 10.8 Å². The second-order valence-electron chi connectivity index (χ2n) is 2.15. The molecule has 1 heterocycles. The normalized spacial score (nSPS) is 11.4. The van der Waals surface area contributed by atoms with Crippen molar-refractivity contribution in [3.05, 3.63) is 11.1 Å². The minimum Gasteiger partial charge on any atom is -0.375 e. The van der Waals surface area contributed by atoms with Crippen molar-refractivity contribution in [2.24, 2.45) is 5.16 Å². The number of hydrogen-bond donors (Lipinski definition) is 1. The lowest BCUT2D eigenvalue weighted by atomic mass is 10.3. The Bertz CT molecular complexity index is 337. The summed E-state index contributed by atoms with van der Waals surface area (Å²) < 4.78 is 4.58. The summed E-state index contributed by atoms with van der Waals surface area (Å²) in [5, 5.41) is 5.42. The largest absolute Gasteiger partial charge is 0.375 e. The first kappa shape index (κ1) is 10.6. The fraction of sp³-hybridized carbons (Fsp3) is 0.286. The number of methoxy groups -OCH3 is 1. The molecule has 0 saturated carbocycles. The Balaban J connectivity index is 2.71. The van der Waals surface area contributed by atoms with Gasteiger partial charge in [0.15, 0.2) is 10.8 Å². The molecule has 75 valence electrons. The highest BCUT2D eigenvalue weighted by Gasteiger charge is 2.08. The SMILES string of the molecule is COCO/N=C(\[C]=O)c1csc(N)n1. The molecule has 1 rings (SSSR count). The third kappa shape index (κ3) is 2.79. The summed E-state index contributed by atoms with van der Waals surface area (Å²) in [5.74, 6) is 0. The molecule has 7 heteroatoms. The van der Waals surface area contributed by atoms with Gasteiger partial charge in [-0.1, -0.05) is 5.16 Å². The van der Waals surface area contributed by atoms with Crippen LogP contribution in [0.15, 0.2) is 10.5 Å². The van der Waals surface area contributed by atoms with Crippen molar-refractivity contribution in [2.75, 3.05) is 19.6 Å². The molecular formula is C7H8N3O3S. The van der Waals surface area contributed by atoms with E-state index in [1.165, 1.54) is 18.4 Å². The highest BCUT2D eigenvalue weighted by molar-refractivity contribution is 7.13. The van der Waals surface area contributed by atoms with Gasteiger partial charge in [0.1, 0.15) is 5.69 Å². The maximum Gasteiger partial charge on any atom is 0.259 e. The van der Waals surface area contributed by atoms with Gasteiger partial charge in [-0.3, -0.25) is 4.79 Å². The van der Waals surface area contributed by atoms with Crippen molar-refractivity contribution in [3.63, 3.8) is 0 Å². The number of hydrogen-bond acceptors (Lipinski definition) is 7. The molecule has 0 aliphatic heterocycles. The van der Waals surface area contributed by atoms with Crippen molar-refractivity contribution in [3.8, 4) is 0 Å². The summed E-state index contributed by atoms with van der Waals surface area (Å²) in [5.41, 5.74) is 5.70. The summed E-state index contributed by atoms with van der Waals surface area (Å²) in [7, 11) is 1.45. The van der Waals surface area contributed by atoms with Crippen molar-refractivity contribution < 1.29 is 14.4 Å². The predicted molar refractivity (Wildman–Crippen MR) is 51.7 cm³/mol. The Hall–Kier alpha value is -1.47. The smallest absolute Gasteiger partial charge is 0.259 e. The van der Waals surface area contributed by atoms with Crippen molar-refractivity contribution >= 4 is 28.5 Å². The van der Waals surface area contributed by atoms with E-state index in [-0.39, 0.29) is 12.5 Å². The van der Waals surface area contributed by atoms with Gasteiger partial charge >= 0.3 is 0 Å². The number of anilines is 1. The Kier molecular flexibility index (Phi) is 4.02. The van der Waals surface area contributed by atoms with Gasteiger partial charge in [-0.2, -0.15) is 0 Å². The number of oxime groups is 1. The van der Waals surface area contributed by atoms with E-state index in [9.17, 15) is 4.79 Å². The van der Waals surface area contributed by atoms with Crippen LogP contribution in [0.25, 0.3) is 0 Å². The molecule has 0 atom stereocenters. The average Bonchev–Trinajstić information content (AvgIpc) is 2.60. The quantitative estimate of drug-likeness (QED) is 0.326. The number of ether oxygens (including phenoxy) is 1. The van der Waals surface area contributed by atoms with E-state index < -0.39 is 0 Å². The number of nitrogens with two attached hydrogens (primary N) is 1. The highest BCUT2D eigenvalue weighted by atomic mass is 32.1. The van der Waals surface area contributed by atoms with Gasteiger partial charge in [-0.05, 0) is 0 Å². The van der Waals surface area contributed by atoms with Gasteiger partial charge in [-0.25, -0.2) is 4.98 Å². The van der Waals surface area contributed by atoms with Crippen LogP contribution in [-0.4, -0.2) is 30.9 Å². The maximum atomic E-state index is 10.5. The highest BCUT2D eigenvalue weighted by Crippen LogP contribution is 2.11. The van der Waals surface area contributed by atoms with Crippen LogP contribution in [-0.2, 0) is 14.4 Å². The Morgan fingerprint density at radius 1 is 1.86 bits per heavy atom. The first-order valence-corrected chi connectivity index (χ1v) is 4.44. The Morgan fingerprint density at radius 2 is 2.64 bits per heavy atom. The van der Waals surface area contributed by atoms with E-state index in [1.807, 2.05) is 0 Å². The summed E-state index contributed by atoms with van der Waals surface area (Å²) in [6, 6.07) is 0. The van der Waals surface area contributed by atoms with Crippen LogP contribution in [0.3, 0.4) is 0 Å². The van der Waals surface area contributed by atoms with Crippen LogP contribution in [0.4, 0.5) is 5.13 Å². The van der Waals surface area contributed by atoms with E-state index in [4.69, 9.17) is 5.73 Å². The van der Waals surface area contributed by atoms with Crippen molar-refractivity contribution in [1.82, 2.24) is 4.98 Å². The molecule has 6 nitrogen and oxygen atoms in total. The van der Waals surface area contributed by atoms with Gasteiger partial charge in [0, 0.05) is 12.5 Å². The van der Waals surface area contributed by atoms with Crippen molar-refractivity contribution in [1.29, 1.82) is 0 Å². The summed E-state index contributed by atoms with van der Waals surface area (Å²) in [6.45, 7) is -0.0369. The molecule has 14 heavy (non-hydrogen) atoms. The fourth-order valence-corrected chi connectivity index (χ4v) is 1.21. The number of thiazole rings is 1. The van der Waals surface area contributed by atoms with Crippen molar-refractivity contribution in [2.45, 2.75) is 0 Å². The molecule has 2 N–H and O–H groups in total. The number of nitrogens with zero attached hydrogens (tertiary/aromatic N) is 2.